The molecular weight excluding hydrogens is 504 g/mol. The van der Waals surface area contributed by atoms with Gasteiger partial charge in [-0.3, -0.25) is 4.79 Å². The smallest absolute Gasteiger partial charge is 0.382 e. The molecule has 0 atom stereocenters. The molecular formula is C21H17Cl2F3N2O4S. The molecule has 0 spiro atoms. The van der Waals surface area contributed by atoms with Crippen molar-refractivity contribution in [3.63, 3.8) is 0 Å². The average molecular weight is 521 g/mol. The summed E-state index contributed by atoms with van der Waals surface area (Å²) < 4.78 is 66.9. The maximum absolute atomic E-state index is 12.3. The zero-order valence-electron chi connectivity index (χ0n) is 17.3. The molecule has 0 fully saturated rings. The fraction of sp³-hybridized carbons (Fsp3) is 0.238. The molecule has 3 aromatic rings. The number of aryl methyl sites for hydroxylation is 1. The Morgan fingerprint density at radius 3 is 2.30 bits per heavy atom. The van der Waals surface area contributed by atoms with Gasteiger partial charge in [-0.05, 0) is 73.5 Å². The molecule has 33 heavy (non-hydrogen) atoms. The quantitative estimate of drug-likeness (QED) is 0.288. The molecule has 0 saturated heterocycles. The lowest BCUT2D eigenvalue weighted by molar-refractivity contribution is -0.130. The van der Waals surface area contributed by atoms with Crippen LogP contribution in [0.15, 0.2) is 42.5 Å². The molecule has 0 aliphatic rings. The largest absolute Gasteiger partial charge is 0.390 e. The first-order valence-corrected chi connectivity index (χ1v) is 11.8. The van der Waals surface area contributed by atoms with Crippen molar-refractivity contribution in [2.24, 2.45) is 0 Å². The third-order valence-electron chi connectivity index (χ3n) is 4.68. The van der Waals surface area contributed by atoms with Gasteiger partial charge in [-0.1, -0.05) is 11.6 Å². The molecule has 0 aliphatic carbocycles. The van der Waals surface area contributed by atoms with Crippen LogP contribution in [0.5, 0.6) is 5.75 Å². The van der Waals surface area contributed by atoms with Crippen molar-refractivity contribution >= 4 is 38.6 Å². The fourth-order valence-electron chi connectivity index (χ4n) is 3.15. The van der Waals surface area contributed by atoms with Crippen molar-refractivity contribution in [2.75, 3.05) is 5.75 Å². The van der Waals surface area contributed by atoms with Crippen molar-refractivity contribution in [2.45, 2.75) is 26.4 Å². The second-order valence-corrected chi connectivity index (χ2v) is 9.64. The van der Waals surface area contributed by atoms with E-state index in [-0.39, 0.29) is 11.4 Å². The van der Waals surface area contributed by atoms with Crippen molar-refractivity contribution in [1.82, 2.24) is 9.78 Å². The second kappa shape index (κ2) is 9.36. The monoisotopic (exact) mass is 520 g/mol. The van der Waals surface area contributed by atoms with Gasteiger partial charge in [0.05, 0.1) is 23.6 Å². The van der Waals surface area contributed by atoms with Gasteiger partial charge in [-0.15, -0.1) is 0 Å². The number of hydrogen-bond acceptors (Lipinski definition) is 5. The fourth-order valence-corrected chi connectivity index (χ4v) is 4.53. The highest BCUT2D eigenvalue weighted by Crippen LogP contribution is 2.32. The normalized spacial score (nSPS) is 12.1. The molecule has 0 N–H and O–H groups in total. The average Bonchev–Trinajstić information content (AvgIpc) is 3.04. The minimum Gasteiger partial charge on any atom is -0.382 e. The number of alkyl halides is 3. The molecule has 0 bridgehead atoms. The molecule has 1 heterocycles. The Kier molecular flexibility index (Phi) is 7.11. The van der Waals surface area contributed by atoms with E-state index in [1.54, 1.807) is 25.1 Å². The van der Waals surface area contributed by atoms with Gasteiger partial charge < -0.3 is 4.18 Å². The van der Waals surface area contributed by atoms with E-state index in [9.17, 15) is 26.4 Å². The first-order valence-electron chi connectivity index (χ1n) is 9.43. The molecule has 0 saturated carbocycles. The van der Waals surface area contributed by atoms with E-state index in [1.165, 1.54) is 28.9 Å². The number of rotatable bonds is 7. The molecule has 3 rings (SSSR count). The summed E-state index contributed by atoms with van der Waals surface area (Å²) in [6.45, 7) is 3.47. The standard InChI is InChI=1S/C21H17Cl2F3N2O4S/c1-12-11-15(22)5-8-17(12)28-19(13(2)18(27-28)20(23)29)14-3-6-16(7-4-14)32-33(30,31)10-9-21(24,25)26/h3-8,11H,9-10H2,1-2H3. The third kappa shape index (κ3) is 6.07. The van der Waals surface area contributed by atoms with Gasteiger partial charge >= 0.3 is 16.3 Å². The van der Waals surface area contributed by atoms with Crippen LogP contribution < -0.4 is 4.18 Å². The van der Waals surface area contributed by atoms with E-state index < -0.39 is 33.7 Å². The van der Waals surface area contributed by atoms with Crippen LogP contribution in [0.2, 0.25) is 5.02 Å². The van der Waals surface area contributed by atoms with Crippen LogP contribution in [0.25, 0.3) is 16.9 Å². The zero-order chi connectivity index (χ0) is 24.6. The first-order chi connectivity index (χ1) is 15.3. The Morgan fingerprint density at radius 1 is 1.12 bits per heavy atom. The van der Waals surface area contributed by atoms with Gasteiger partial charge in [0.1, 0.15) is 11.4 Å². The van der Waals surface area contributed by atoms with E-state index >= 15 is 0 Å². The van der Waals surface area contributed by atoms with E-state index in [0.29, 0.717) is 27.5 Å². The lowest BCUT2D eigenvalue weighted by Crippen LogP contribution is -2.20. The van der Waals surface area contributed by atoms with Crippen LogP contribution in [0.3, 0.4) is 0 Å². The molecule has 176 valence electrons. The van der Waals surface area contributed by atoms with Gasteiger partial charge in [-0.2, -0.15) is 26.7 Å². The highest BCUT2D eigenvalue weighted by atomic mass is 35.5. The molecule has 0 unspecified atom stereocenters. The number of halogens is 5. The Labute approximate surface area is 198 Å². The Bertz CT molecular complexity index is 1300. The van der Waals surface area contributed by atoms with Crippen LogP contribution in [0.1, 0.15) is 28.0 Å². The van der Waals surface area contributed by atoms with Gasteiger partial charge in [0.15, 0.2) is 0 Å². The lowest BCUT2D eigenvalue weighted by Gasteiger charge is -2.13. The number of carbonyl (C=O) groups excluding carboxylic acids is 1. The maximum Gasteiger partial charge on any atom is 0.390 e. The van der Waals surface area contributed by atoms with Crippen molar-refractivity contribution in [3.05, 3.63) is 64.3 Å². The molecule has 0 aliphatic heterocycles. The Hall–Kier alpha value is -2.56. The van der Waals surface area contributed by atoms with Crippen molar-refractivity contribution in [3.8, 4) is 22.7 Å². The van der Waals surface area contributed by atoms with E-state index in [4.69, 9.17) is 27.4 Å². The van der Waals surface area contributed by atoms with E-state index in [1.807, 2.05) is 6.92 Å². The van der Waals surface area contributed by atoms with Crippen LogP contribution in [-0.2, 0) is 10.1 Å². The van der Waals surface area contributed by atoms with E-state index in [0.717, 1.165) is 5.56 Å². The number of nitrogens with zero attached hydrogens (tertiary/aromatic N) is 2. The SMILES string of the molecule is Cc1cc(Cl)ccc1-n1nc(C(=O)Cl)c(C)c1-c1ccc(OS(=O)(=O)CCC(F)(F)F)cc1. The number of benzene rings is 2. The summed E-state index contributed by atoms with van der Waals surface area (Å²) >= 11 is 11.7. The molecule has 6 nitrogen and oxygen atoms in total. The molecule has 0 amide bonds. The van der Waals surface area contributed by atoms with Crippen LogP contribution in [0, 0.1) is 13.8 Å². The van der Waals surface area contributed by atoms with Crippen LogP contribution >= 0.6 is 23.2 Å². The molecule has 2 aromatic carbocycles. The molecule has 12 heteroatoms. The number of aromatic nitrogens is 2. The summed E-state index contributed by atoms with van der Waals surface area (Å²) in [5.41, 5.74) is 2.98. The third-order valence-corrected chi connectivity index (χ3v) is 6.25. The van der Waals surface area contributed by atoms with Gasteiger partial charge in [0.2, 0.25) is 0 Å². The lowest BCUT2D eigenvalue weighted by atomic mass is 10.1. The van der Waals surface area contributed by atoms with Crippen LogP contribution in [0.4, 0.5) is 13.2 Å². The summed E-state index contributed by atoms with van der Waals surface area (Å²) in [6, 6.07) is 10.7. The minimum absolute atomic E-state index is 0.0380. The predicted molar refractivity (Wildman–Crippen MR) is 119 cm³/mol. The summed E-state index contributed by atoms with van der Waals surface area (Å²) in [4.78, 5) is 11.9. The molecule has 0 radical (unpaired) electrons. The summed E-state index contributed by atoms with van der Waals surface area (Å²) in [5, 5.41) is 4.10. The number of hydrogen-bond donors (Lipinski definition) is 0. The van der Waals surface area contributed by atoms with Crippen molar-refractivity contribution < 1.29 is 30.6 Å². The first kappa shape index (κ1) is 25.1. The Balaban J connectivity index is 1.99. The molecule has 1 aromatic heterocycles. The van der Waals surface area contributed by atoms with Crippen LogP contribution in [-0.4, -0.2) is 35.4 Å². The number of carbonyl (C=O) groups is 1. The highest BCUT2D eigenvalue weighted by molar-refractivity contribution is 7.87. The summed E-state index contributed by atoms with van der Waals surface area (Å²) in [7, 11) is -4.43. The predicted octanol–water partition coefficient (Wildman–Crippen LogP) is 5.85. The van der Waals surface area contributed by atoms with E-state index in [2.05, 4.69) is 5.10 Å². The zero-order valence-corrected chi connectivity index (χ0v) is 19.6. The topological polar surface area (TPSA) is 78.3 Å². The van der Waals surface area contributed by atoms with Gasteiger partial charge in [0, 0.05) is 16.1 Å². The van der Waals surface area contributed by atoms with Gasteiger partial charge in [0.25, 0.3) is 5.24 Å². The summed E-state index contributed by atoms with van der Waals surface area (Å²) in [6.07, 6.45) is -6.13. The second-order valence-electron chi connectivity index (χ2n) is 7.17. The van der Waals surface area contributed by atoms with Crippen molar-refractivity contribution in [1.29, 1.82) is 0 Å². The summed E-state index contributed by atoms with van der Waals surface area (Å²) in [5.74, 6) is -1.35. The highest BCUT2D eigenvalue weighted by Gasteiger charge is 2.30. The minimum atomic E-state index is -4.62. The van der Waals surface area contributed by atoms with Gasteiger partial charge in [-0.25, -0.2) is 4.68 Å². The Morgan fingerprint density at radius 2 is 1.76 bits per heavy atom. The maximum atomic E-state index is 12.3.